The molecule has 3 aromatic rings. The largest absolute Gasteiger partial charge is 0.504 e. The summed E-state index contributed by atoms with van der Waals surface area (Å²) < 4.78 is 14.4. The lowest BCUT2D eigenvalue weighted by atomic mass is 10.0. The molecule has 1 aliphatic heterocycles. The van der Waals surface area contributed by atoms with Gasteiger partial charge >= 0.3 is 0 Å². The van der Waals surface area contributed by atoms with Gasteiger partial charge in [0.05, 0.1) is 6.04 Å². The van der Waals surface area contributed by atoms with E-state index in [1.807, 2.05) is 30.3 Å². The summed E-state index contributed by atoms with van der Waals surface area (Å²) in [5.74, 6) is -1.83. The number of carbonyl (C=O) groups excluding carboxylic acids is 2. The Morgan fingerprint density at radius 2 is 1.90 bits per heavy atom. The lowest BCUT2D eigenvalue weighted by molar-refractivity contribution is 0.0719. The highest BCUT2D eigenvalue weighted by Gasteiger charge is 2.37. The summed E-state index contributed by atoms with van der Waals surface area (Å²) in [6.45, 7) is 0.504. The van der Waals surface area contributed by atoms with Crippen LogP contribution in [0.15, 0.2) is 54.6 Å². The minimum atomic E-state index is -0.615. The Morgan fingerprint density at radius 3 is 2.59 bits per heavy atom. The van der Waals surface area contributed by atoms with Crippen molar-refractivity contribution in [2.75, 3.05) is 13.6 Å². The van der Waals surface area contributed by atoms with Gasteiger partial charge in [-0.1, -0.05) is 42.5 Å². The Balaban J connectivity index is 1.64. The van der Waals surface area contributed by atoms with Crippen molar-refractivity contribution in [1.29, 1.82) is 0 Å². The average molecular weight is 394 g/mol. The van der Waals surface area contributed by atoms with E-state index >= 15 is 0 Å². The summed E-state index contributed by atoms with van der Waals surface area (Å²) >= 11 is 0. The van der Waals surface area contributed by atoms with Crippen LogP contribution in [0, 0.1) is 5.82 Å². The first-order chi connectivity index (χ1) is 14.0. The van der Waals surface area contributed by atoms with Crippen LogP contribution in [0.5, 0.6) is 5.75 Å². The number of aromatic hydroxyl groups is 1. The van der Waals surface area contributed by atoms with E-state index in [1.165, 1.54) is 21.7 Å². The maximum atomic E-state index is 13.0. The van der Waals surface area contributed by atoms with Gasteiger partial charge in [0, 0.05) is 20.1 Å². The van der Waals surface area contributed by atoms with Crippen LogP contribution in [0.3, 0.4) is 0 Å². The molecule has 1 aliphatic rings. The zero-order chi connectivity index (χ0) is 20.5. The van der Waals surface area contributed by atoms with Gasteiger partial charge in [0.1, 0.15) is 5.82 Å². The van der Waals surface area contributed by atoms with Gasteiger partial charge in [-0.2, -0.15) is 5.10 Å². The van der Waals surface area contributed by atoms with Gasteiger partial charge < -0.3 is 15.3 Å². The smallest absolute Gasteiger partial charge is 0.275 e. The van der Waals surface area contributed by atoms with E-state index in [1.54, 1.807) is 19.2 Å². The third kappa shape index (κ3) is 3.44. The third-order valence-corrected chi connectivity index (χ3v) is 4.94. The second-order valence-electron chi connectivity index (χ2n) is 6.91. The molecule has 2 N–H and O–H groups in total. The van der Waals surface area contributed by atoms with Crippen LogP contribution in [-0.4, -0.2) is 45.2 Å². The molecule has 148 valence electrons. The van der Waals surface area contributed by atoms with Crippen molar-refractivity contribution in [3.05, 3.63) is 82.9 Å². The Hall–Kier alpha value is -3.68. The molecule has 2 heterocycles. The summed E-state index contributed by atoms with van der Waals surface area (Å²) in [6, 6.07) is 14.8. The number of hydrogen-bond acceptors (Lipinski definition) is 4. The van der Waals surface area contributed by atoms with Crippen molar-refractivity contribution in [3.63, 3.8) is 0 Å². The molecule has 29 heavy (non-hydrogen) atoms. The van der Waals surface area contributed by atoms with Gasteiger partial charge in [-0.3, -0.25) is 9.59 Å². The van der Waals surface area contributed by atoms with Gasteiger partial charge in [-0.15, -0.1) is 0 Å². The maximum absolute atomic E-state index is 13.0. The van der Waals surface area contributed by atoms with Crippen LogP contribution < -0.4 is 5.32 Å². The number of rotatable bonds is 4. The number of aromatic nitrogens is 2. The Morgan fingerprint density at radius 1 is 1.21 bits per heavy atom. The van der Waals surface area contributed by atoms with Crippen molar-refractivity contribution in [1.82, 2.24) is 20.0 Å². The molecule has 0 fully saturated rings. The molecule has 0 saturated heterocycles. The molecule has 2 aromatic carbocycles. The molecule has 0 bridgehead atoms. The Kier molecular flexibility index (Phi) is 4.75. The molecule has 4 rings (SSSR count). The first kappa shape index (κ1) is 18.7. The van der Waals surface area contributed by atoms with E-state index in [0.29, 0.717) is 12.1 Å². The molecule has 0 unspecified atom stereocenters. The number of carbonyl (C=O) groups is 2. The Labute approximate surface area is 166 Å². The minimum Gasteiger partial charge on any atom is -0.504 e. The number of halogens is 1. The Bertz CT molecular complexity index is 1060. The van der Waals surface area contributed by atoms with Crippen LogP contribution in [0.1, 0.15) is 38.1 Å². The van der Waals surface area contributed by atoms with Gasteiger partial charge in [0.15, 0.2) is 17.1 Å². The fourth-order valence-corrected chi connectivity index (χ4v) is 3.39. The van der Waals surface area contributed by atoms with E-state index in [0.717, 1.165) is 5.56 Å². The fraction of sp³-hybridized carbons (Fsp3) is 0.190. The van der Waals surface area contributed by atoms with E-state index in [2.05, 4.69) is 10.4 Å². The number of nitrogens with zero attached hydrogens (tertiary/aromatic N) is 3. The molecule has 7 nitrogen and oxygen atoms in total. The van der Waals surface area contributed by atoms with Gasteiger partial charge in [-0.25, -0.2) is 9.07 Å². The lowest BCUT2D eigenvalue weighted by Crippen LogP contribution is -2.41. The number of amides is 2. The van der Waals surface area contributed by atoms with Crippen molar-refractivity contribution in [2.45, 2.75) is 12.6 Å². The van der Waals surface area contributed by atoms with Crippen LogP contribution in [0.4, 0.5) is 4.39 Å². The predicted octanol–water partition coefficient (Wildman–Crippen LogP) is 2.33. The van der Waals surface area contributed by atoms with E-state index < -0.39 is 17.6 Å². The standard InChI is InChI=1S/C21H19FN4O3/c1-25-12-16(14-5-3-2-4-6-14)26-18(21(25)29)19(27)17(24-26)20(28)23-11-13-7-9-15(22)10-8-13/h2-10,16,27H,11-12H2,1H3,(H,23,28)/t16-/m1/s1. The maximum Gasteiger partial charge on any atom is 0.275 e. The predicted molar refractivity (Wildman–Crippen MR) is 103 cm³/mol. The summed E-state index contributed by atoms with van der Waals surface area (Å²) in [5.41, 5.74) is 1.38. The second kappa shape index (κ2) is 7.38. The number of benzene rings is 2. The van der Waals surface area contributed by atoms with Crippen LogP contribution in [-0.2, 0) is 6.54 Å². The second-order valence-corrected chi connectivity index (χ2v) is 6.91. The summed E-state index contributed by atoms with van der Waals surface area (Å²) in [6.07, 6.45) is 0. The van der Waals surface area contributed by atoms with E-state index in [4.69, 9.17) is 0 Å². The normalized spacial score (nSPS) is 15.9. The zero-order valence-electron chi connectivity index (χ0n) is 15.7. The molecule has 0 saturated carbocycles. The van der Waals surface area contributed by atoms with Crippen molar-refractivity contribution in [2.24, 2.45) is 0 Å². The topological polar surface area (TPSA) is 87.5 Å². The molecule has 0 spiro atoms. The van der Waals surface area contributed by atoms with E-state index in [-0.39, 0.29) is 29.8 Å². The minimum absolute atomic E-state index is 0.0143. The van der Waals surface area contributed by atoms with E-state index in [9.17, 15) is 19.1 Å². The monoisotopic (exact) mass is 394 g/mol. The highest BCUT2D eigenvalue weighted by atomic mass is 19.1. The van der Waals surface area contributed by atoms with Crippen LogP contribution in [0.2, 0.25) is 0 Å². The summed E-state index contributed by atoms with van der Waals surface area (Å²) in [4.78, 5) is 26.7. The number of nitrogens with one attached hydrogen (secondary N) is 1. The third-order valence-electron chi connectivity index (χ3n) is 4.94. The molecule has 0 aliphatic carbocycles. The molecule has 1 atom stereocenters. The molecule has 0 radical (unpaired) electrons. The van der Waals surface area contributed by atoms with Crippen LogP contribution >= 0.6 is 0 Å². The van der Waals surface area contributed by atoms with Crippen molar-refractivity contribution >= 4 is 11.8 Å². The van der Waals surface area contributed by atoms with Gasteiger partial charge in [0.2, 0.25) is 0 Å². The molecule has 2 amide bonds. The first-order valence-electron chi connectivity index (χ1n) is 9.10. The van der Waals surface area contributed by atoms with Crippen molar-refractivity contribution in [3.8, 4) is 5.75 Å². The SMILES string of the molecule is CN1C[C@H](c2ccccc2)n2nc(C(=O)NCc3ccc(F)cc3)c(O)c2C1=O. The quantitative estimate of drug-likeness (QED) is 0.711. The summed E-state index contributed by atoms with van der Waals surface area (Å²) in [5, 5.41) is 17.5. The lowest BCUT2D eigenvalue weighted by Gasteiger charge is -2.31. The summed E-state index contributed by atoms with van der Waals surface area (Å²) in [7, 11) is 1.64. The molecule has 1 aromatic heterocycles. The zero-order valence-corrected chi connectivity index (χ0v) is 15.7. The highest BCUT2D eigenvalue weighted by molar-refractivity contribution is 6.02. The van der Waals surface area contributed by atoms with Gasteiger partial charge in [0.25, 0.3) is 11.8 Å². The highest BCUT2D eigenvalue weighted by Crippen LogP contribution is 2.33. The fourth-order valence-electron chi connectivity index (χ4n) is 3.39. The molecular formula is C21H19FN4O3. The molecule has 8 heteroatoms. The molecular weight excluding hydrogens is 375 g/mol. The van der Waals surface area contributed by atoms with Crippen LogP contribution in [0.25, 0.3) is 0 Å². The van der Waals surface area contributed by atoms with Gasteiger partial charge in [-0.05, 0) is 23.3 Å². The first-order valence-corrected chi connectivity index (χ1v) is 9.10. The number of hydrogen-bond donors (Lipinski definition) is 2. The number of fused-ring (bicyclic) bond motifs is 1. The van der Waals surface area contributed by atoms with Crippen molar-refractivity contribution < 1.29 is 19.1 Å². The average Bonchev–Trinajstić information content (AvgIpc) is 3.08. The number of likely N-dealkylation sites (N-methyl/N-ethyl adjacent to an activating group) is 1.